The highest BCUT2D eigenvalue weighted by Crippen LogP contribution is 2.58. The molecule has 2 bridgehead atoms. The van der Waals surface area contributed by atoms with Gasteiger partial charge in [-0.05, 0) is 105 Å². The van der Waals surface area contributed by atoms with E-state index in [9.17, 15) is 0 Å². The largest absolute Gasteiger partial charge is 0.316 e. The highest BCUT2D eigenvalue weighted by molar-refractivity contribution is 14.1. The minimum atomic E-state index is -0.534. The molecule has 0 N–H and O–H groups in total. The number of aromatic nitrogens is 2. The van der Waals surface area contributed by atoms with Gasteiger partial charge in [0, 0.05) is 26.3 Å². The van der Waals surface area contributed by atoms with Crippen LogP contribution in [0.15, 0.2) is 188 Å². The first-order chi connectivity index (χ1) is 25.6. The van der Waals surface area contributed by atoms with Gasteiger partial charge in [0.1, 0.15) is 0 Å². The molecule has 1 aliphatic carbocycles. The van der Waals surface area contributed by atoms with Crippen molar-refractivity contribution in [3.8, 4) is 39.2 Å². The Morgan fingerprint density at radius 3 is 2.33 bits per heavy atom. The SMILES string of the molecule is C=C/C=C\C=C(/I)c1cc(-c2ccc3c(c2)C2(/C(C)=C/C=C\c4cn(c5ccccc45)-c4ccccc42)c2ccccc2-3)cc(-c2ccccc2)n1. The molecule has 2 aliphatic rings. The van der Waals surface area contributed by atoms with Crippen LogP contribution in [0.2, 0.25) is 0 Å². The summed E-state index contributed by atoms with van der Waals surface area (Å²) < 4.78 is 3.45. The van der Waals surface area contributed by atoms with Crippen molar-refractivity contribution in [1.82, 2.24) is 9.55 Å². The molecule has 52 heavy (non-hydrogen) atoms. The Labute approximate surface area is 318 Å². The zero-order valence-corrected chi connectivity index (χ0v) is 31.0. The Kier molecular flexibility index (Phi) is 8.09. The second-order valence-corrected chi connectivity index (χ2v) is 14.5. The first-order valence-electron chi connectivity index (χ1n) is 17.6. The summed E-state index contributed by atoms with van der Waals surface area (Å²) in [6.07, 6.45) is 16.9. The molecule has 1 unspecified atom stereocenters. The highest BCUT2D eigenvalue weighted by Gasteiger charge is 2.47. The van der Waals surface area contributed by atoms with Gasteiger partial charge in [-0.1, -0.05) is 152 Å². The first kappa shape index (κ1) is 32.1. The van der Waals surface area contributed by atoms with Crippen LogP contribution in [0.1, 0.15) is 34.9 Å². The molecule has 0 saturated carbocycles. The van der Waals surface area contributed by atoms with Crippen molar-refractivity contribution >= 4 is 43.1 Å². The van der Waals surface area contributed by atoms with Crippen LogP contribution in [0.4, 0.5) is 0 Å². The fourth-order valence-electron chi connectivity index (χ4n) is 8.23. The number of pyridine rings is 1. The van der Waals surface area contributed by atoms with E-state index in [0.29, 0.717) is 0 Å². The molecule has 1 spiro atoms. The summed E-state index contributed by atoms with van der Waals surface area (Å²) in [6.45, 7) is 6.14. The van der Waals surface area contributed by atoms with Gasteiger partial charge in [0.15, 0.2) is 0 Å². The maximum atomic E-state index is 5.16. The fourth-order valence-corrected chi connectivity index (χ4v) is 8.71. The van der Waals surface area contributed by atoms with Gasteiger partial charge in [-0.15, -0.1) is 0 Å². The van der Waals surface area contributed by atoms with Crippen LogP contribution < -0.4 is 0 Å². The van der Waals surface area contributed by atoms with Gasteiger partial charge >= 0.3 is 0 Å². The number of hydrogen-bond donors (Lipinski definition) is 0. The number of benzene rings is 5. The summed E-state index contributed by atoms with van der Waals surface area (Å²) in [6, 6.07) is 48.7. The van der Waals surface area contributed by atoms with E-state index in [1.54, 1.807) is 6.08 Å². The Morgan fingerprint density at radius 2 is 1.46 bits per heavy atom. The molecular weight excluding hydrogens is 743 g/mol. The molecule has 248 valence electrons. The topological polar surface area (TPSA) is 17.8 Å². The van der Waals surface area contributed by atoms with Crippen LogP contribution in [0.3, 0.4) is 0 Å². The zero-order valence-electron chi connectivity index (χ0n) is 28.8. The summed E-state index contributed by atoms with van der Waals surface area (Å²) in [4.78, 5) is 5.16. The maximum absolute atomic E-state index is 5.16. The highest BCUT2D eigenvalue weighted by atomic mass is 127. The molecule has 1 aliphatic heterocycles. The van der Waals surface area contributed by atoms with Crippen LogP contribution in [0.5, 0.6) is 0 Å². The Morgan fingerprint density at radius 1 is 0.712 bits per heavy atom. The monoisotopic (exact) mass is 778 g/mol. The fraction of sp³-hybridized carbons (Fsp3) is 0.0408. The number of nitrogens with zero attached hydrogens (tertiary/aromatic N) is 2. The molecule has 7 aromatic rings. The van der Waals surface area contributed by atoms with Crippen molar-refractivity contribution in [3.05, 3.63) is 216 Å². The normalized spacial score (nSPS) is 17.7. The summed E-state index contributed by atoms with van der Waals surface area (Å²) in [5.74, 6) is 0. The van der Waals surface area contributed by atoms with Crippen LogP contribution >= 0.6 is 22.6 Å². The lowest BCUT2D eigenvalue weighted by Crippen LogP contribution is -2.30. The molecule has 3 heteroatoms. The summed E-state index contributed by atoms with van der Waals surface area (Å²) in [5.41, 5.74) is 16.0. The summed E-state index contributed by atoms with van der Waals surface area (Å²) in [5, 5.41) is 1.25. The number of fused-ring (bicyclic) bond motifs is 13. The Hall–Kier alpha value is -5.78. The Bertz CT molecular complexity index is 2670. The number of halogens is 1. The average molecular weight is 779 g/mol. The van der Waals surface area contributed by atoms with Gasteiger partial charge in [0.05, 0.1) is 28.0 Å². The second kappa shape index (κ2) is 13.1. The maximum Gasteiger partial charge on any atom is 0.0776 e. The molecule has 3 heterocycles. The molecule has 1 atom stereocenters. The van der Waals surface area contributed by atoms with Gasteiger partial charge in [-0.2, -0.15) is 0 Å². The van der Waals surface area contributed by atoms with Gasteiger partial charge in [-0.3, -0.25) is 0 Å². The van der Waals surface area contributed by atoms with Crippen molar-refractivity contribution in [3.63, 3.8) is 0 Å². The minimum Gasteiger partial charge on any atom is -0.316 e. The van der Waals surface area contributed by atoms with E-state index in [1.807, 2.05) is 12.2 Å². The van der Waals surface area contributed by atoms with Crippen LogP contribution in [0, 0.1) is 0 Å². The van der Waals surface area contributed by atoms with E-state index < -0.39 is 5.41 Å². The smallest absolute Gasteiger partial charge is 0.0776 e. The third kappa shape index (κ3) is 5.10. The van der Waals surface area contributed by atoms with E-state index in [4.69, 9.17) is 4.98 Å². The van der Waals surface area contributed by atoms with E-state index in [2.05, 4.69) is 205 Å². The predicted molar refractivity (Wildman–Crippen MR) is 228 cm³/mol. The van der Waals surface area contributed by atoms with Crippen molar-refractivity contribution < 1.29 is 0 Å². The molecule has 9 rings (SSSR count). The third-order valence-electron chi connectivity index (χ3n) is 10.5. The average Bonchev–Trinajstić information content (AvgIpc) is 3.71. The molecule has 2 nitrogen and oxygen atoms in total. The van der Waals surface area contributed by atoms with E-state index in [-0.39, 0.29) is 0 Å². The molecule has 0 saturated heterocycles. The number of allylic oxidation sites excluding steroid dienone is 7. The van der Waals surface area contributed by atoms with Gasteiger partial charge in [-0.25, -0.2) is 4.98 Å². The van der Waals surface area contributed by atoms with Crippen molar-refractivity contribution in [2.75, 3.05) is 0 Å². The third-order valence-corrected chi connectivity index (χ3v) is 11.4. The van der Waals surface area contributed by atoms with E-state index >= 15 is 0 Å². The molecule has 0 radical (unpaired) electrons. The minimum absolute atomic E-state index is 0.534. The van der Waals surface area contributed by atoms with Gasteiger partial charge < -0.3 is 4.57 Å². The standard InChI is InChI=1S/C49H35IN2/c1-3-4-6-24-44(50)46-31-37(30-45(51-46)34-17-7-5-8-18-34)35-27-28-40-39-21-9-11-22-41(39)49(43(40)29-35)33(2)16-15-19-36-32-52(47-25-13-10-20-38(36)47)48-26-14-12-23-42(48)49/h3-32H,1H2,2H3/b6-4-,19-15-,33-16+,44-24-. The first-order valence-corrected chi connectivity index (χ1v) is 18.7. The van der Waals surface area contributed by atoms with Gasteiger partial charge in [0.2, 0.25) is 0 Å². The van der Waals surface area contributed by atoms with E-state index in [0.717, 1.165) is 31.7 Å². The summed E-state index contributed by atoms with van der Waals surface area (Å²) in [7, 11) is 0. The number of para-hydroxylation sites is 2. The zero-order chi connectivity index (χ0) is 35.2. The predicted octanol–water partition coefficient (Wildman–Crippen LogP) is 13.2. The number of rotatable bonds is 5. The lowest BCUT2D eigenvalue weighted by Gasteiger charge is -2.36. The van der Waals surface area contributed by atoms with Crippen LogP contribution in [-0.4, -0.2) is 9.55 Å². The van der Waals surface area contributed by atoms with Crippen LogP contribution in [-0.2, 0) is 5.41 Å². The second-order valence-electron chi connectivity index (χ2n) is 13.4. The summed E-state index contributed by atoms with van der Waals surface area (Å²) >= 11 is 2.40. The Balaban J connectivity index is 1.33. The molecular formula is C49H35IN2. The quantitative estimate of drug-likeness (QED) is 0.126. The van der Waals surface area contributed by atoms with Crippen molar-refractivity contribution in [2.24, 2.45) is 0 Å². The lowest BCUT2D eigenvalue weighted by molar-refractivity contribution is 0.739. The van der Waals surface area contributed by atoms with Crippen molar-refractivity contribution in [2.45, 2.75) is 12.3 Å². The molecule has 0 fully saturated rings. The van der Waals surface area contributed by atoms with Gasteiger partial charge in [0.25, 0.3) is 0 Å². The molecule has 0 amide bonds. The van der Waals surface area contributed by atoms with Crippen molar-refractivity contribution in [1.29, 1.82) is 0 Å². The van der Waals surface area contributed by atoms with Crippen LogP contribution in [0.25, 0.3) is 59.8 Å². The molecule has 2 aromatic heterocycles. The molecule has 5 aromatic carbocycles. The van der Waals surface area contributed by atoms with E-state index in [1.165, 1.54) is 55.5 Å². The lowest BCUT2D eigenvalue weighted by atomic mass is 9.66. The number of hydrogen-bond acceptors (Lipinski definition) is 1.